The van der Waals surface area contributed by atoms with Crippen LogP contribution in [0.3, 0.4) is 0 Å². The summed E-state index contributed by atoms with van der Waals surface area (Å²) in [6.45, 7) is 10.2. The summed E-state index contributed by atoms with van der Waals surface area (Å²) in [5.41, 5.74) is 1.69. The molecular formula is C14H27N3. The van der Waals surface area contributed by atoms with E-state index in [0.29, 0.717) is 11.5 Å². The van der Waals surface area contributed by atoms with Crippen molar-refractivity contribution in [1.29, 1.82) is 0 Å². The van der Waals surface area contributed by atoms with E-state index in [2.05, 4.69) is 44.3 Å². The molecule has 17 heavy (non-hydrogen) atoms. The van der Waals surface area contributed by atoms with Gasteiger partial charge < -0.3 is 5.32 Å². The number of nitrogens with one attached hydrogen (secondary N) is 1. The van der Waals surface area contributed by atoms with Gasteiger partial charge in [0.25, 0.3) is 0 Å². The fourth-order valence-corrected chi connectivity index (χ4v) is 2.17. The van der Waals surface area contributed by atoms with Crippen molar-refractivity contribution in [2.24, 2.45) is 12.5 Å². The molecule has 0 saturated carbocycles. The Kier molecular flexibility index (Phi) is 5.19. The van der Waals surface area contributed by atoms with Crippen LogP contribution in [-0.4, -0.2) is 22.4 Å². The monoisotopic (exact) mass is 237 g/mol. The van der Waals surface area contributed by atoms with Crippen LogP contribution in [0.2, 0.25) is 0 Å². The molecule has 3 nitrogen and oxygen atoms in total. The van der Waals surface area contributed by atoms with E-state index >= 15 is 0 Å². The van der Waals surface area contributed by atoms with Crippen LogP contribution in [-0.2, 0) is 13.5 Å². The number of hydrogen-bond acceptors (Lipinski definition) is 2. The van der Waals surface area contributed by atoms with Gasteiger partial charge in [0.2, 0.25) is 0 Å². The summed E-state index contributed by atoms with van der Waals surface area (Å²) in [5, 5.41) is 7.84. The largest absolute Gasteiger partial charge is 0.314 e. The second kappa shape index (κ2) is 6.20. The van der Waals surface area contributed by atoms with Crippen molar-refractivity contribution in [3.63, 3.8) is 0 Å². The van der Waals surface area contributed by atoms with Crippen LogP contribution >= 0.6 is 0 Å². The molecule has 1 atom stereocenters. The van der Waals surface area contributed by atoms with Crippen molar-refractivity contribution in [3.8, 4) is 0 Å². The van der Waals surface area contributed by atoms with E-state index in [1.54, 1.807) is 0 Å². The number of nitrogens with zero attached hydrogens (tertiary/aromatic N) is 2. The first-order valence-electron chi connectivity index (χ1n) is 6.70. The van der Waals surface area contributed by atoms with E-state index in [1.165, 1.54) is 18.4 Å². The predicted octanol–water partition coefficient (Wildman–Crippen LogP) is 2.77. The van der Waals surface area contributed by atoms with Gasteiger partial charge in [-0.05, 0) is 36.8 Å². The molecule has 0 spiro atoms. The molecule has 0 saturated heterocycles. The van der Waals surface area contributed by atoms with Gasteiger partial charge in [-0.1, -0.05) is 27.7 Å². The third-order valence-electron chi connectivity index (χ3n) is 3.79. The molecule has 0 amide bonds. The molecule has 98 valence electrons. The molecule has 0 aliphatic carbocycles. The number of aryl methyl sites for hydroxylation is 2. The van der Waals surface area contributed by atoms with E-state index in [0.717, 1.165) is 13.0 Å². The van der Waals surface area contributed by atoms with E-state index in [4.69, 9.17) is 0 Å². The minimum atomic E-state index is 0.359. The van der Waals surface area contributed by atoms with Crippen molar-refractivity contribution in [2.45, 2.75) is 53.0 Å². The Morgan fingerprint density at radius 3 is 2.59 bits per heavy atom. The van der Waals surface area contributed by atoms with E-state index in [9.17, 15) is 0 Å². The third-order valence-corrected chi connectivity index (χ3v) is 3.79. The third kappa shape index (κ3) is 4.15. The fourth-order valence-electron chi connectivity index (χ4n) is 2.17. The maximum atomic E-state index is 4.22. The quantitative estimate of drug-likeness (QED) is 0.790. The summed E-state index contributed by atoms with van der Waals surface area (Å²) < 4.78 is 1.88. The Labute approximate surface area is 106 Å². The fraction of sp³-hybridized carbons (Fsp3) is 0.786. The zero-order valence-electron chi connectivity index (χ0n) is 12.0. The lowest BCUT2D eigenvalue weighted by molar-refractivity contribution is 0.223. The van der Waals surface area contributed by atoms with E-state index in [1.807, 2.05) is 17.9 Å². The maximum Gasteiger partial charge on any atom is 0.0521 e. The molecule has 1 rings (SSSR count). The van der Waals surface area contributed by atoms with Gasteiger partial charge in [0, 0.05) is 19.3 Å². The molecule has 1 N–H and O–H groups in total. The van der Waals surface area contributed by atoms with Crippen molar-refractivity contribution < 1.29 is 0 Å². The molecule has 0 fully saturated rings. The highest BCUT2D eigenvalue weighted by atomic mass is 15.2. The van der Waals surface area contributed by atoms with Gasteiger partial charge in [0.05, 0.1) is 6.20 Å². The first kappa shape index (κ1) is 14.2. The van der Waals surface area contributed by atoms with Crippen LogP contribution in [0.25, 0.3) is 0 Å². The van der Waals surface area contributed by atoms with E-state index in [-0.39, 0.29) is 0 Å². The Balaban J connectivity index is 2.55. The zero-order chi connectivity index (χ0) is 12.9. The molecule has 1 aromatic rings. The summed E-state index contributed by atoms with van der Waals surface area (Å²) in [6, 6.07) is 0.581. The normalized spacial score (nSPS) is 13.9. The highest BCUT2D eigenvalue weighted by molar-refractivity contribution is 5.04. The van der Waals surface area contributed by atoms with Gasteiger partial charge in [-0.2, -0.15) is 5.10 Å². The van der Waals surface area contributed by atoms with Crippen LogP contribution < -0.4 is 5.32 Å². The molecule has 1 aromatic heterocycles. The Morgan fingerprint density at radius 1 is 1.41 bits per heavy atom. The SMILES string of the molecule is CCNC(CCc1cnn(C)c1)C(C)(C)CC. The number of rotatable bonds is 7. The van der Waals surface area contributed by atoms with Crippen LogP contribution in [0, 0.1) is 5.41 Å². The van der Waals surface area contributed by atoms with Crippen LogP contribution in [0.1, 0.15) is 46.1 Å². The van der Waals surface area contributed by atoms with Gasteiger partial charge in [-0.25, -0.2) is 0 Å². The second-order valence-corrected chi connectivity index (χ2v) is 5.51. The summed E-state index contributed by atoms with van der Waals surface area (Å²) in [7, 11) is 1.97. The minimum absolute atomic E-state index is 0.359. The first-order chi connectivity index (χ1) is 7.99. The van der Waals surface area contributed by atoms with Gasteiger partial charge in [0.15, 0.2) is 0 Å². The molecule has 0 aromatic carbocycles. The first-order valence-corrected chi connectivity index (χ1v) is 6.70. The number of aromatic nitrogens is 2. The molecule has 0 bridgehead atoms. The molecule has 3 heteroatoms. The topological polar surface area (TPSA) is 29.9 Å². The summed E-state index contributed by atoms with van der Waals surface area (Å²) in [4.78, 5) is 0. The van der Waals surface area contributed by atoms with Crippen molar-refractivity contribution >= 4 is 0 Å². The van der Waals surface area contributed by atoms with Crippen molar-refractivity contribution in [3.05, 3.63) is 18.0 Å². The average Bonchev–Trinajstić information content (AvgIpc) is 2.70. The summed E-state index contributed by atoms with van der Waals surface area (Å²) in [6.07, 6.45) is 7.58. The molecular weight excluding hydrogens is 210 g/mol. The highest BCUT2D eigenvalue weighted by Gasteiger charge is 2.26. The van der Waals surface area contributed by atoms with Gasteiger partial charge >= 0.3 is 0 Å². The Bertz CT molecular complexity index is 328. The van der Waals surface area contributed by atoms with Gasteiger partial charge in [0.1, 0.15) is 0 Å². The Morgan fingerprint density at radius 2 is 2.12 bits per heavy atom. The van der Waals surface area contributed by atoms with Crippen molar-refractivity contribution in [2.75, 3.05) is 6.54 Å². The number of hydrogen-bond donors (Lipinski definition) is 1. The summed E-state index contributed by atoms with van der Waals surface area (Å²) >= 11 is 0. The lowest BCUT2D eigenvalue weighted by Gasteiger charge is -2.34. The zero-order valence-corrected chi connectivity index (χ0v) is 12.0. The second-order valence-electron chi connectivity index (χ2n) is 5.51. The van der Waals surface area contributed by atoms with Crippen LogP contribution in [0.5, 0.6) is 0 Å². The standard InChI is InChI=1S/C14H27N3/c1-6-14(3,4)13(15-7-2)9-8-12-10-16-17(5)11-12/h10-11,13,15H,6-9H2,1-5H3. The highest BCUT2D eigenvalue weighted by Crippen LogP contribution is 2.27. The van der Waals surface area contributed by atoms with Gasteiger partial charge in [-0.3, -0.25) is 4.68 Å². The maximum absolute atomic E-state index is 4.22. The van der Waals surface area contributed by atoms with Crippen LogP contribution in [0.15, 0.2) is 12.4 Å². The molecule has 1 heterocycles. The van der Waals surface area contributed by atoms with E-state index < -0.39 is 0 Å². The summed E-state index contributed by atoms with van der Waals surface area (Å²) in [5.74, 6) is 0. The lowest BCUT2D eigenvalue weighted by atomic mass is 9.79. The van der Waals surface area contributed by atoms with Gasteiger partial charge in [-0.15, -0.1) is 0 Å². The molecule has 1 unspecified atom stereocenters. The molecule has 0 aliphatic heterocycles. The molecule has 0 radical (unpaired) electrons. The minimum Gasteiger partial charge on any atom is -0.314 e. The smallest absolute Gasteiger partial charge is 0.0521 e. The van der Waals surface area contributed by atoms with Crippen LogP contribution in [0.4, 0.5) is 0 Å². The lowest BCUT2D eigenvalue weighted by Crippen LogP contribution is -2.41. The molecule has 0 aliphatic rings. The van der Waals surface area contributed by atoms with Crippen molar-refractivity contribution in [1.82, 2.24) is 15.1 Å². The average molecular weight is 237 g/mol. The Hall–Kier alpha value is -0.830. The predicted molar refractivity (Wildman–Crippen MR) is 73.1 cm³/mol.